The smallest absolute Gasteiger partial charge is 0.194 e. The number of anilines is 1. The molecule has 2 aliphatic rings. The molecule has 4 rings (SSSR count). The maximum Gasteiger partial charge on any atom is 0.194 e. The molecule has 0 bridgehead atoms. The normalized spacial score (nSPS) is 20.0. The summed E-state index contributed by atoms with van der Waals surface area (Å²) >= 11 is 0. The van der Waals surface area contributed by atoms with Gasteiger partial charge in [-0.25, -0.2) is 9.98 Å². The van der Waals surface area contributed by atoms with Crippen LogP contribution in [0.1, 0.15) is 43.2 Å². The Balaban J connectivity index is 1.39. The maximum absolute atomic E-state index is 4.90. The lowest BCUT2D eigenvalue weighted by Gasteiger charge is -2.22. The van der Waals surface area contributed by atoms with Gasteiger partial charge in [-0.15, -0.1) is 0 Å². The average molecular weight is 378 g/mol. The molecule has 5 heteroatoms. The van der Waals surface area contributed by atoms with Gasteiger partial charge >= 0.3 is 0 Å². The molecule has 1 unspecified atom stereocenters. The van der Waals surface area contributed by atoms with E-state index in [4.69, 9.17) is 4.99 Å². The third kappa shape index (κ3) is 4.46. The summed E-state index contributed by atoms with van der Waals surface area (Å²) in [6.07, 6.45) is 5.72. The molecule has 0 saturated carbocycles. The van der Waals surface area contributed by atoms with Crippen LogP contribution in [-0.2, 0) is 6.54 Å². The van der Waals surface area contributed by atoms with Gasteiger partial charge in [-0.3, -0.25) is 0 Å². The number of pyridine rings is 1. The fourth-order valence-corrected chi connectivity index (χ4v) is 4.19. The van der Waals surface area contributed by atoms with Crippen molar-refractivity contribution in [1.82, 2.24) is 15.2 Å². The van der Waals surface area contributed by atoms with Crippen molar-refractivity contribution >= 4 is 11.8 Å². The molecular weight excluding hydrogens is 346 g/mol. The largest absolute Gasteiger partial charge is 0.357 e. The van der Waals surface area contributed by atoms with Gasteiger partial charge in [-0.1, -0.05) is 36.4 Å². The van der Waals surface area contributed by atoms with Crippen molar-refractivity contribution in [1.29, 1.82) is 0 Å². The molecule has 2 saturated heterocycles. The Morgan fingerprint density at radius 3 is 2.64 bits per heavy atom. The molecule has 5 nitrogen and oxygen atoms in total. The van der Waals surface area contributed by atoms with Crippen molar-refractivity contribution in [2.24, 2.45) is 4.99 Å². The van der Waals surface area contributed by atoms with E-state index >= 15 is 0 Å². The van der Waals surface area contributed by atoms with Crippen molar-refractivity contribution in [3.05, 3.63) is 59.8 Å². The number of hydrogen-bond acceptors (Lipinski definition) is 3. The highest BCUT2D eigenvalue weighted by atomic mass is 15.3. The van der Waals surface area contributed by atoms with E-state index in [1.165, 1.54) is 24.8 Å². The Labute approximate surface area is 168 Å². The van der Waals surface area contributed by atoms with E-state index < -0.39 is 0 Å². The number of guanidine groups is 1. The molecule has 1 N–H and O–H groups in total. The summed E-state index contributed by atoms with van der Waals surface area (Å²) in [5, 5.41) is 3.47. The summed E-state index contributed by atoms with van der Waals surface area (Å²) in [5.74, 6) is 2.71. The third-order valence-electron chi connectivity index (χ3n) is 5.74. The zero-order valence-electron chi connectivity index (χ0n) is 16.8. The van der Waals surface area contributed by atoms with Crippen LogP contribution in [0.2, 0.25) is 0 Å². The van der Waals surface area contributed by atoms with Gasteiger partial charge in [0, 0.05) is 44.8 Å². The first-order valence-corrected chi connectivity index (χ1v) is 10.6. The van der Waals surface area contributed by atoms with Crippen molar-refractivity contribution in [2.45, 2.75) is 38.6 Å². The zero-order chi connectivity index (χ0) is 19.2. The second-order valence-electron chi connectivity index (χ2n) is 7.73. The van der Waals surface area contributed by atoms with E-state index in [1.54, 1.807) is 0 Å². The summed E-state index contributed by atoms with van der Waals surface area (Å²) < 4.78 is 0. The van der Waals surface area contributed by atoms with E-state index in [-0.39, 0.29) is 0 Å². The van der Waals surface area contributed by atoms with Crippen LogP contribution in [0.5, 0.6) is 0 Å². The Morgan fingerprint density at radius 1 is 1.11 bits per heavy atom. The lowest BCUT2D eigenvalue weighted by Crippen LogP contribution is -2.40. The van der Waals surface area contributed by atoms with Crippen LogP contribution in [0.25, 0.3) is 0 Å². The van der Waals surface area contributed by atoms with E-state index in [1.807, 2.05) is 6.20 Å². The summed E-state index contributed by atoms with van der Waals surface area (Å²) in [6.45, 7) is 8.03. The first-order valence-electron chi connectivity index (χ1n) is 10.6. The third-order valence-corrected chi connectivity index (χ3v) is 5.74. The van der Waals surface area contributed by atoms with E-state index in [9.17, 15) is 0 Å². The maximum atomic E-state index is 4.90. The summed E-state index contributed by atoms with van der Waals surface area (Å²) in [6, 6.07) is 15.2. The molecule has 2 aliphatic heterocycles. The van der Waals surface area contributed by atoms with E-state index in [2.05, 4.69) is 69.5 Å². The lowest BCUT2D eigenvalue weighted by atomic mass is 9.99. The van der Waals surface area contributed by atoms with Crippen LogP contribution in [0.4, 0.5) is 5.82 Å². The van der Waals surface area contributed by atoms with Crippen molar-refractivity contribution in [3.8, 4) is 0 Å². The molecule has 2 fully saturated rings. The summed E-state index contributed by atoms with van der Waals surface area (Å²) in [5.41, 5.74) is 2.60. The van der Waals surface area contributed by atoms with Gasteiger partial charge in [0.05, 0.1) is 6.54 Å². The van der Waals surface area contributed by atoms with Crippen LogP contribution in [0.15, 0.2) is 53.7 Å². The number of aromatic nitrogens is 1. The predicted molar refractivity (Wildman–Crippen MR) is 116 cm³/mol. The summed E-state index contributed by atoms with van der Waals surface area (Å²) in [4.78, 5) is 14.3. The first kappa shape index (κ1) is 18.8. The highest BCUT2D eigenvalue weighted by Crippen LogP contribution is 2.27. The monoisotopic (exact) mass is 377 g/mol. The molecule has 0 spiro atoms. The minimum absolute atomic E-state index is 0.589. The predicted octanol–water partition coefficient (Wildman–Crippen LogP) is 3.64. The van der Waals surface area contributed by atoms with Crippen LogP contribution >= 0.6 is 0 Å². The van der Waals surface area contributed by atoms with Gasteiger partial charge in [-0.05, 0) is 43.4 Å². The number of likely N-dealkylation sites (tertiary alicyclic amines) is 1. The van der Waals surface area contributed by atoms with Crippen molar-refractivity contribution in [3.63, 3.8) is 0 Å². The fraction of sp³-hybridized carbons (Fsp3) is 0.478. The minimum atomic E-state index is 0.589. The molecular formula is C23H31N5. The van der Waals surface area contributed by atoms with Gasteiger partial charge in [0.15, 0.2) is 5.96 Å². The quantitative estimate of drug-likeness (QED) is 0.638. The second-order valence-corrected chi connectivity index (χ2v) is 7.73. The molecule has 0 amide bonds. The number of benzene rings is 1. The van der Waals surface area contributed by atoms with Gasteiger partial charge in [0.2, 0.25) is 0 Å². The Bertz CT molecular complexity index is 765. The van der Waals surface area contributed by atoms with Crippen LogP contribution in [-0.4, -0.2) is 48.6 Å². The highest BCUT2D eigenvalue weighted by molar-refractivity contribution is 5.80. The number of hydrogen-bond donors (Lipinski definition) is 1. The van der Waals surface area contributed by atoms with Gasteiger partial charge in [0.25, 0.3) is 0 Å². The molecule has 1 aromatic carbocycles. The van der Waals surface area contributed by atoms with E-state index in [0.29, 0.717) is 12.5 Å². The first-order chi connectivity index (χ1) is 13.8. The van der Waals surface area contributed by atoms with Crippen molar-refractivity contribution < 1.29 is 0 Å². The fourth-order valence-electron chi connectivity index (χ4n) is 4.19. The summed E-state index contributed by atoms with van der Waals surface area (Å²) in [7, 11) is 0. The molecule has 0 radical (unpaired) electrons. The topological polar surface area (TPSA) is 43.8 Å². The number of nitrogens with zero attached hydrogens (tertiary/aromatic N) is 4. The van der Waals surface area contributed by atoms with Crippen LogP contribution in [0.3, 0.4) is 0 Å². The van der Waals surface area contributed by atoms with Gasteiger partial charge in [-0.2, -0.15) is 0 Å². The Morgan fingerprint density at radius 2 is 1.93 bits per heavy atom. The SMILES string of the molecule is CCNC(=NCc1ccc(N2CCCC2)nc1)N1CCC(c2ccccc2)C1. The molecule has 3 heterocycles. The minimum Gasteiger partial charge on any atom is -0.357 e. The van der Waals surface area contributed by atoms with Gasteiger partial charge < -0.3 is 15.1 Å². The lowest BCUT2D eigenvalue weighted by molar-refractivity contribution is 0.486. The molecule has 1 atom stereocenters. The van der Waals surface area contributed by atoms with Crippen molar-refractivity contribution in [2.75, 3.05) is 37.6 Å². The molecule has 2 aromatic rings. The highest BCUT2D eigenvalue weighted by Gasteiger charge is 2.25. The number of nitrogens with one attached hydrogen (secondary N) is 1. The van der Waals surface area contributed by atoms with Crippen LogP contribution < -0.4 is 10.2 Å². The van der Waals surface area contributed by atoms with E-state index in [0.717, 1.165) is 50.1 Å². The molecule has 0 aliphatic carbocycles. The molecule has 28 heavy (non-hydrogen) atoms. The average Bonchev–Trinajstić information content (AvgIpc) is 3.45. The number of aliphatic imine (C=N–C) groups is 1. The number of rotatable bonds is 5. The Kier molecular flexibility index (Phi) is 6.10. The standard InChI is InChI=1S/C23H31N5/c1-2-24-23(28-15-12-21(18-28)20-8-4-3-5-9-20)26-17-19-10-11-22(25-16-19)27-13-6-7-14-27/h3-5,8-11,16,21H,2,6-7,12-15,17-18H2,1H3,(H,24,26). The molecule has 148 valence electrons. The van der Waals surface area contributed by atoms with Crippen LogP contribution in [0, 0.1) is 0 Å². The zero-order valence-corrected chi connectivity index (χ0v) is 16.8. The second kappa shape index (κ2) is 9.09. The van der Waals surface area contributed by atoms with Gasteiger partial charge in [0.1, 0.15) is 5.82 Å². The molecule has 1 aromatic heterocycles. The Hall–Kier alpha value is -2.56.